The highest BCUT2D eigenvalue weighted by Crippen LogP contribution is 2.31. The molecule has 1 aliphatic rings. The van der Waals surface area contributed by atoms with E-state index in [0.717, 1.165) is 5.56 Å². The summed E-state index contributed by atoms with van der Waals surface area (Å²) in [5.74, 6) is 0.736. The number of thiazole rings is 1. The average Bonchev–Trinajstić information content (AvgIpc) is 3.40. The van der Waals surface area contributed by atoms with E-state index in [0.29, 0.717) is 38.7 Å². The van der Waals surface area contributed by atoms with Crippen LogP contribution < -0.4 is 19.6 Å². The highest BCUT2D eigenvalue weighted by atomic mass is 32.1. The van der Waals surface area contributed by atoms with Crippen molar-refractivity contribution in [3.8, 4) is 5.75 Å². The van der Waals surface area contributed by atoms with E-state index in [2.05, 4.69) is 11.6 Å². The molecule has 3 aromatic rings. The van der Waals surface area contributed by atoms with E-state index < -0.39 is 12.0 Å². The van der Waals surface area contributed by atoms with Gasteiger partial charge in [-0.25, -0.2) is 9.79 Å². The molecular weight excluding hydrogens is 428 g/mol. The monoisotopic (exact) mass is 450 g/mol. The number of ether oxygens (including phenoxy) is 2. The Bertz CT molecular complexity index is 1340. The van der Waals surface area contributed by atoms with Crippen molar-refractivity contribution in [3.05, 3.63) is 97.6 Å². The second-order valence-corrected chi connectivity index (χ2v) is 8.00. The molecule has 4 rings (SSSR count). The first-order chi connectivity index (χ1) is 15.5. The van der Waals surface area contributed by atoms with E-state index in [1.165, 1.54) is 15.9 Å². The van der Waals surface area contributed by atoms with Crippen molar-refractivity contribution in [1.82, 2.24) is 4.57 Å². The molecule has 8 heteroatoms. The van der Waals surface area contributed by atoms with Gasteiger partial charge in [-0.3, -0.25) is 9.36 Å². The first kappa shape index (κ1) is 21.6. The molecule has 1 aliphatic heterocycles. The summed E-state index contributed by atoms with van der Waals surface area (Å²) in [6, 6.07) is 10.1. The summed E-state index contributed by atoms with van der Waals surface area (Å²) >= 11 is 1.25. The maximum atomic E-state index is 13.4. The van der Waals surface area contributed by atoms with Crippen LogP contribution in [0.1, 0.15) is 31.2 Å². The molecule has 0 radical (unpaired) electrons. The Kier molecular flexibility index (Phi) is 6.23. The van der Waals surface area contributed by atoms with Gasteiger partial charge in [0.1, 0.15) is 18.1 Å². The molecule has 164 valence electrons. The number of rotatable bonds is 7. The largest absolute Gasteiger partial charge is 0.490 e. The van der Waals surface area contributed by atoms with E-state index in [4.69, 9.17) is 13.9 Å². The zero-order valence-corrected chi connectivity index (χ0v) is 18.6. The first-order valence-corrected chi connectivity index (χ1v) is 10.9. The van der Waals surface area contributed by atoms with Gasteiger partial charge >= 0.3 is 5.97 Å². The van der Waals surface area contributed by atoms with E-state index in [-0.39, 0.29) is 12.2 Å². The maximum absolute atomic E-state index is 13.4. The fourth-order valence-corrected chi connectivity index (χ4v) is 4.54. The van der Waals surface area contributed by atoms with Crippen molar-refractivity contribution in [2.45, 2.75) is 19.9 Å². The molecule has 0 bridgehead atoms. The molecule has 1 unspecified atom stereocenters. The number of hydrogen-bond acceptors (Lipinski definition) is 7. The van der Waals surface area contributed by atoms with Gasteiger partial charge in [-0.2, -0.15) is 0 Å². The maximum Gasteiger partial charge on any atom is 0.338 e. The lowest BCUT2D eigenvalue weighted by Crippen LogP contribution is -2.39. The highest BCUT2D eigenvalue weighted by molar-refractivity contribution is 7.07. The average molecular weight is 451 g/mol. The number of furan rings is 1. The summed E-state index contributed by atoms with van der Waals surface area (Å²) in [5.41, 5.74) is 1.35. The lowest BCUT2D eigenvalue weighted by Gasteiger charge is -2.24. The Morgan fingerprint density at radius 2 is 2.09 bits per heavy atom. The standard InChI is InChI=1S/C24H22N2O5S/c1-4-12-30-17-10-8-16(9-11-17)21-20(23(28)29-5-2)15(3)25-24-26(21)22(27)19(32-24)14-18-7-6-13-31-18/h4,6-11,13-14,21H,1,5,12H2,2-3H3. The zero-order chi connectivity index (χ0) is 22.7. The van der Waals surface area contributed by atoms with Crippen LogP contribution in [0.15, 0.2) is 80.8 Å². The molecule has 0 spiro atoms. The van der Waals surface area contributed by atoms with Crippen LogP contribution in [0.25, 0.3) is 6.08 Å². The zero-order valence-electron chi connectivity index (χ0n) is 17.7. The Labute approximate surface area is 188 Å². The van der Waals surface area contributed by atoms with Crippen molar-refractivity contribution in [2.24, 2.45) is 4.99 Å². The van der Waals surface area contributed by atoms with Gasteiger partial charge in [0.05, 0.1) is 34.7 Å². The third kappa shape index (κ3) is 4.09. The highest BCUT2D eigenvalue weighted by Gasteiger charge is 2.33. The number of carbonyl (C=O) groups is 1. The summed E-state index contributed by atoms with van der Waals surface area (Å²) in [5, 5.41) is 0. The van der Waals surface area contributed by atoms with Crippen molar-refractivity contribution in [3.63, 3.8) is 0 Å². The number of hydrogen-bond donors (Lipinski definition) is 0. The number of nitrogens with zero attached hydrogens (tertiary/aromatic N) is 2. The second kappa shape index (κ2) is 9.23. The van der Waals surface area contributed by atoms with Crippen LogP contribution in [0.5, 0.6) is 5.75 Å². The van der Waals surface area contributed by atoms with Gasteiger partial charge in [0.15, 0.2) is 4.80 Å². The molecule has 0 saturated heterocycles. The van der Waals surface area contributed by atoms with Crippen molar-refractivity contribution in [2.75, 3.05) is 13.2 Å². The van der Waals surface area contributed by atoms with Gasteiger partial charge in [0.2, 0.25) is 0 Å². The quantitative estimate of drug-likeness (QED) is 0.408. The Morgan fingerprint density at radius 1 is 1.31 bits per heavy atom. The summed E-state index contributed by atoms with van der Waals surface area (Å²) in [7, 11) is 0. The number of aromatic nitrogens is 1. The van der Waals surface area contributed by atoms with Gasteiger partial charge in [-0.05, 0) is 43.7 Å². The molecule has 0 fully saturated rings. The van der Waals surface area contributed by atoms with Crippen LogP contribution in [0, 0.1) is 0 Å². The Hall–Kier alpha value is -3.65. The van der Waals surface area contributed by atoms with Gasteiger partial charge in [-0.15, -0.1) is 0 Å². The number of esters is 1. The molecule has 0 saturated carbocycles. The predicted molar refractivity (Wildman–Crippen MR) is 121 cm³/mol. The molecule has 1 aromatic carbocycles. The lowest BCUT2D eigenvalue weighted by molar-refractivity contribution is -0.139. The number of carbonyl (C=O) groups excluding carboxylic acids is 1. The Balaban J connectivity index is 1.88. The van der Waals surface area contributed by atoms with E-state index >= 15 is 0 Å². The predicted octanol–water partition coefficient (Wildman–Crippen LogP) is 2.96. The number of allylic oxidation sites excluding steroid dienone is 1. The number of fused-ring (bicyclic) bond motifs is 1. The van der Waals surface area contributed by atoms with Gasteiger partial charge in [0.25, 0.3) is 5.56 Å². The third-order valence-corrected chi connectivity index (χ3v) is 5.88. The van der Waals surface area contributed by atoms with Crippen molar-refractivity contribution < 1.29 is 18.7 Å². The molecule has 3 heterocycles. The van der Waals surface area contributed by atoms with Gasteiger partial charge in [0, 0.05) is 6.08 Å². The van der Waals surface area contributed by atoms with E-state index in [1.54, 1.807) is 56.5 Å². The SMILES string of the molecule is C=CCOc1ccc(C2C(C(=O)OCC)=C(C)N=c3sc(=Cc4ccco4)c(=O)n32)cc1. The third-order valence-electron chi connectivity index (χ3n) is 4.90. The van der Waals surface area contributed by atoms with Crippen LogP contribution in [0.4, 0.5) is 0 Å². The second-order valence-electron chi connectivity index (χ2n) is 6.99. The van der Waals surface area contributed by atoms with Crippen molar-refractivity contribution in [1.29, 1.82) is 0 Å². The molecule has 7 nitrogen and oxygen atoms in total. The van der Waals surface area contributed by atoms with E-state index in [1.807, 2.05) is 12.1 Å². The summed E-state index contributed by atoms with van der Waals surface area (Å²) < 4.78 is 18.2. The lowest BCUT2D eigenvalue weighted by atomic mass is 9.96. The van der Waals surface area contributed by atoms with Crippen LogP contribution in [0.2, 0.25) is 0 Å². The first-order valence-electron chi connectivity index (χ1n) is 10.1. The summed E-state index contributed by atoms with van der Waals surface area (Å²) in [4.78, 5) is 31.3. The summed E-state index contributed by atoms with van der Waals surface area (Å²) in [6.07, 6.45) is 4.89. The minimum Gasteiger partial charge on any atom is -0.490 e. The Morgan fingerprint density at radius 3 is 2.75 bits per heavy atom. The van der Waals surface area contributed by atoms with Crippen LogP contribution in [-0.4, -0.2) is 23.8 Å². The number of benzene rings is 1. The topological polar surface area (TPSA) is 83.0 Å². The fourth-order valence-electron chi connectivity index (χ4n) is 3.51. The fraction of sp³-hybridized carbons (Fsp3) is 0.208. The molecular formula is C24H22N2O5S. The van der Waals surface area contributed by atoms with Crippen LogP contribution >= 0.6 is 11.3 Å². The molecule has 0 aliphatic carbocycles. The van der Waals surface area contributed by atoms with Gasteiger partial charge < -0.3 is 13.9 Å². The van der Waals surface area contributed by atoms with Crippen molar-refractivity contribution >= 4 is 23.4 Å². The normalized spacial score (nSPS) is 15.8. The smallest absolute Gasteiger partial charge is 0.338 e. The van der Waals surface area contributed by atoms with Crippen LogP contribution in [0.3, 0.4) is 0 Å². The van der Waals surface area contributed by atoms with Gasteiger partial charge in [-0.1, -0.05) is 36.1 Å². The molecule has 2 aromatic heterocycles. The molecule has 0 amide bonds. The molecule has 1 atom stereocenters. The summed E-state index contributed by atoms with van der Waals surface area (Å²) in [6.45, 7) is 7.75. The minimum atomic E-state index is -0.669. The molecule has 0 N–H and O–H groups in total. The minimum absolute atomic E-state index is 0.222. The van der Waals surface area contributed by atoms with E-state index in [9.17, 15) is 9.59 Å². The molecule has 32 heavy (non-hydrogen) atoms. The van der Waals surface area contributed by atoms with Crippen LogP contribution in [-0.2, 0) is 9.53 Å².